The van der Waals surface area contributed by atoms with Crippen molar-refractivity contribution in [3.63, 3.8) is 0 Å². The molecule has 0 spiro atoms. The zero-order valence-corrected chi connectivity index (χ0v) is 12.6. The second-order valence-corrected chi connectivity index (χ2v) is 5.00. The monoisotopic (exact) mass is 317 g/mol. The van der Waals surface area contributed by atoms with Crippen molar-refractivity contribution in [2.24, 2.45) is 0 Å². The van der Waals surface area contributed by atoms with Crippen molar-refractivity contribution < 1.29 is 9.59 Å². The first-order valence-electron chi connectivity index (χ1n) is 6.25. The van der Waals surface area contributed by atoms with E-state index in [-0.39, 0.29) is 40.5 Å². The summed E-state index contributed by atoms with van der Waals surface area (Å²) in [5.74, 6) is -0.445. The van der Waals surface area contributed by atoms with Crippen molar-refractivity contribution in [2.75, 3.05) is 18.8 Å². The normalized spacial score (nSPS) is 10.2. The lowest BCUT2D eigenvalue weighted by Gasteiger charge is -2.08. The highest BCUT2D eigenvalue weighted by atomic mass is 35.5. The molecule has 0 saturated carbocycles. The first kappa shape index (κ1) is 16.6. The molecule has 0 fully saturated rings. The van der Waals surface area contributed by atoms with Gasteiger partial charge in [-0.2, -0.15) is 0 Å². The zero-order chi connectivity index (χ0) is 15.1. The Balaban J connectivity index is 2.49. The van der Waals surface area contributed by atoms with E-state index in [9.17, 15) is 9.59 Å². The van der Waals surface area contributed by atoms with Gasteiger partial charge in [0.05, 0.1) is 15.7 Å². The van der Waals surface area contributed by atoms with Crippen LogP contribution in [0, 0.1) is 0 Å². The van der Waals surface area contributed by atoms with Crippen LogP contribution in [0.1, 0.15) is 30.1 Å². The van der Waals surface area contributed by atoms with E-state index in [1.807, 2.05) is 6.92 Å². The predicted molar refractivity (Wildman–Crippen MR) is 81.1 cm³/mol. The van der Waals surface area contributed by atoms with Crippen LogP contribution in [0.4, 0.5) is 5.69 Å². The lowest BCUT2D eigenvalue weighted by Crippen LogP contribution is -2.31. The van der Waals surface area contributed by atoms with Gasteiger partial charge in [0.25, 0.3) is 5.91 Å². The molecule has 4 N–H and O–H groups in total. The number of nitrogen functional groups attached to an aromatic ring is 1. The first-order chi connectivity index (χ1) is 9.45. The Hall–Kier alpha value is -1.46. The lowest BCUT2D eigenvalue weighted by molar-refractivity contribution is -0.120. The fraction of sp³-hybridized carbons (Fsp3) is 0.385. The number of nitrogens with two attached hydrogens (primary N) is 1. The maximum atomic E-state index is 11.9. The zero-order valence-electron chi connectivity index (χ0n) is 11.1. The Labute approximate surface area is 127 Å². The van der Waals surface area contributed by atoms with E-state index in [0.717, 1.165) is 6.42 Å². The number of rotatable bonds is 6. The van der Waals surface area contributed by atoms with Crippen molar-refractivity contribution in [1.29, 1.82) is 0 Å². The summed E-state index contributed by atoms with van der Waals surface area (Å²) in [5.41, 5.74) is 6.18. The van der Waals surface area contributed by atoms with Gasteiger partial charge in [0, 0.05) is 25.1 Å². The number of hydrogen-bond acceptors (Lipinski definition) is 3. The first-order valence-corrected chi connectivity index (χ1v) is 7.00. The molecule has 2 amide bonds. The van der Waals surface area contributed by atoms with E-state index in [0.29, 0.717) is 12.1 Å². The number of anilines is 1. The average molecular weight is 318 g/mol. The van der Waals surface area contributed by atoms with E-state index in [2.05, 4.69) is 10.6 Å². The molecule has 0 unspecified atom stereocenters. The molecular weight excluding hydrogens is 301 g/mol. The van der Waals surface area contributed by atoms with Crippen LogP contribution < -0.4 is 16.4 Å². The number of halogens is 2. The number of carbonyl (C=O) groups excluding carboxylic acids is 2. The van der Waals surface area contributed by atoms with E-state index >= 15 is 0 Å². The van der Waals surface area contributed by atoms with Crippen LogP contribution in [-0.4, -0.2) is 24.9 Å². The molecule has 1 aromatic rings. The fourth-order valence-corrected chi connectivity index (χ4v) is 1.82. The number of benzene rings is 1. The molecular formula is C13H17Cl2N3O2. The maximum absolute atomic E-state index is 11.9. The van der Waals surface area contributed by atoms with Gasteiger partial charge >= 0.3 is 0 Å². The van der Waals surface area contributed by atoms with Crippen molar-refractivity contribution in [3.05, 3.63) is 27.7 Å². The highest BCUT2D eigenvalue weighted by molar-refractivity contribution is 6.43. The van der Waals surface area contributed by atoms with Gasteiger partial charge in [0.1, 0.15) is 0 Å². The van der Waals surface area contributed by atoms with Crippen LogP contribution >= 0.6 is 23.2 Å². The van der Waals surface area contributed by atoms with Gasteiger partial charge in [-0.15, -0.1) is 0 Å². The summed E-state index contributed by atoms with van der Waals surface area (Å²) >= 11 is 11.7. The minimum atomic E-state index is -0.349. The van der Waals surface area contributed by atoms with Crippen molar-refractivity contribution >= 4 is 40.7 Å². The van der Waals surface area contributed by atoms with Crippen LogP contribution in [-0.2, 0) is 4.79 Å². The number of carbonyl (C=O) groups is 2. The third-order valence-corrected chi connectivity index (χ3v) is 3.34. The van der Waals surface area contributed by atoms with Crippen LogP contribution in [0.25, 0.3) is 0 Å². The highest BCUT2D eigenvalue weighted by Crippen LogP contribution is 2.29. The van der Waals surface area contributed by atoms with Crippen LogP contribution in [0.3, 0.4) is 0 Å². The summed E-state index contributed by atoms with van der Waals surface area (Å²) in [4.78, 5) is 23.2. The van der Waals surface area contributed by atoms with Gasteiger partial charge in [-0.05, 0) is 18.6 Å². The molecule has 0 radical (unpaired) electrons. The SMILES string of the molecule is CCCNC(=O)CCNC(=O)c1cc(N)c(Cl)c(Cl)c1. The van der Waals surface area contributed by atoms with E-state index < -0.39 is 0 Å². The van der Waals surface area contributed by atoms with Crippen molar-refractivity contribution in [2.45, 2.75) is 19.8 Å². The summed E-state index contributed by atoms with van der Waals surface area (Å²) in [6.07, 6.45) is 1.10. The third kappa shape index (κ3) is 4.90. The molecule has 0 aliphatic carbocycles. The van der Waals surface area contributed by atoms with Gasteiger partial charge in [-0.3, -0.25) is 9.59 Å². The lowest BCUT2D eigenvalue weighted by atomic mass is 10.2. The molecule has 1 rings (SSSR count). The second-order valence-electron chi connectivity index (χ2n) is 4.22. The molecule has 0 heterocycles. The van der Waals surface area contributed by atoms with Crippen molar-refractivity contribution in [1.82, 2.24) is 10.6 Å². The Morgan fingerprint density at radius 2 is 1.90 bits per heavy atom. The van der Waals surface area contributed by atoms with Gasteiger partial charge in [0.2, 0.25) is 5.91 Å². The minimum absolute atomic E-state index is 0.0965. The molecule has 0 bridgehead atoms. The standard InChI is InChI=1S/C13H17Cl2N3O2/c1-2-4-17-11(19)3-5-18-13(20)8-6-9(14)12(15)10(16)7-8/h6-7H,2-5,16H2,1H3,(H,17,19)(H,18,20). The summed E-state index contributed by atoms with van der Waals surface area (Å²) in [7, 11) is 0. The molecule has 1 aromatic carbocycles. The summed E-state index contributed by atoms with van der Waals surface area (Å²) in [5, 5.41) is 5.79. The van der Waals surface area contributed by atoms with E-state index in [1.165, 1.54) is 12.1 Å². The summed E-state index contributed by atoms with van der Waals surface area (Å²) in [6, 6.07) is 2.88. The number of amides is 2. The van der Waals surface area contributed by atoms with Gasteiger partial charge in [-0.25, -0.2) is 0 Å². The molecule has 0 saturated heterocycles. The number of nitrogens with one attached hydrogen (secondary N) is 2. The van der Waals surface area contributed by atoms with Gasteiger partial charge in [0.15, 0.2) is 0 Å². The Morgan fingerprint density at radius 1 is 1.20 bits per heavy atom. The molecule has 0 aliphatic rings. The summed E-state index contributed by atoms with van der Waals surface area (Å²) in [6.45, 7) is 2.85. The molecule has 0 atom stereocenters. The molecule has 0 aromatic heterocycles. The van der Waals surface area contributed by atoms with Crippen LogP contribution in [0.5, 0.6) is 0 Å². The fourth-order valence-electron chi connectivity index (χ4n) is 1.49. The van der Waals surface area contributed by atoms with Gasteiger partial charge < -0.3 is 16.4 Å². The molecule has 7 heteroatoms. The van der Waals surface area contributed by atoms with Crippen LogP contribution in [0.15, 0.2) is 12.1 Å². The molecule has 20 heavy (non-hydrogen) atoms. The summed E-state index contributed by atoms with van der Waals surface area (Å²) < 4.78 is 0. The smallest absolute Gasteiger partial charge is 0.251 e. The van der Waals surface area contributed by atoms with Crippen molar-refractivity contribution in [3.8, 4) is 0 Å². The Bertz CT molecular complexity index is 483. The third-order valence-electron chi connectivity index (χ3n) is 2.53. The largest absolute Gasteiger partial charge is 0.397 e. The minimum Gasteiger partial charge on any atom is -0.397 e. The number of hydrogen-bond donors (Lipinski definition) is 3. The Morgan fingerprint density at radius 3 is 2.50 bits per heavy atom. The van der Waals surface area contributed by atoms with E-state index in [4.69, 9.17) is 28.9 Å². The van der Waals surface area contributed by atoms with Gasteiger partial charge in [-0.1, -0.05) is 30.1 Å². The van der Waals surface area contributed by atoms with Crippen LogP contribution in [0.2, 0.25) is 10.0 Å². The van der Waals surface area contributed by atoms with E-state index in [1.54, 1.807) is 0 Å². The second kappa shape index (κ2) is 7.97. The molecule has 5 nitrogen and oxygen atoms in total. The molecule has 0 aliphatic heterocycles. The highest BCUT2D eigenvalue weighted by Gasteiger charge is 2.11. The average Bonchev–Trinajstić information content (AvgIpc) is 2.41. The maximum Gasteiger partial charge on any atom is 0.251 e. The Kier molecular flexibility index (Phi) is 6.61. The quantitative estimate of drug-likeness (QED) is 0.703. The predicted octanol–water partition coefficient (Wildman–Crippen LogP) is 2.22. The molecule has 110 valence electrons. The topological polar surface area (TPSA) is 84.2 Å².